The van der Waals surface area contributed by atoms with E-state index >= 15 is 0 Å². The molecular formula is C11H22O. The zero-order chi connectivity index (χ0) is 9.40. The zero-order valence-electron chi connectivity index (χ0n) is 8.59. The largest absolute Gasteiger partial charge is 0.393 e. The quantitative estimate of drug-likeness (QED) is 0.607. The molecule has 0 rings (SSSR count). The van der Waals surface area contributed by atoms with Crippen LogP contribution in [-0.2, 0) is 0 Å². The van der Waals surface area contributed by atoms with E-state index in [0.717, 1.165) is 25.7 Å². The first-order valence-electron chi connectivity index (χ1n) is 5.03. The van der Waals surface area contributed by atoms with Crippen LogP contribution >= 0.6 is 0 Å². The normalized spacial score (nSPS) is 16.7. The molecule has 0 radical (unpaired) electrons. The van der Waals surface area contributed by atoms with Gasteiger partial charge in [0.2, 0.25) is 0 Å². The number of aliphatic hydroxyl groups excluding tert-OH is 1. The van der Waals surface area contributed by atoms with E-state index in [1.165, 1.54) is 0 Å². The molecule has 0 aromatic heterocycles. The van der Waals surface area contributed by atoms with Gasteiger partial charge in [0, 0.05) is 0 Å². The third-order valence-electron chi connectivity index (χ3n) is 2.09. The molecule has 2 atom stereocenters. The fraction of sp³-hybridized carbons (Fsp3) is 0.818. The molecule has 0 aliphatic carbocycles. The summed E-state index contributed by atoms with van der Waals surface area (Å²) in [5.41, 5.74) is 0. The van der Waals surface area contributed by atoms with Gasteiger partial charge in [-0.2, -0.15) is 0 Å². The van der Waals surface area contributed by atoms with Gasteiger partial charge in [-0.25, -0.2) is 0 Å². The molecule has 0 bridgehead atoms. The van der Waals surface area contributed by atoms with Gasteiger partial charge >= 0.3 is 0 Å². The van der Waals surface area contributed by atoms with E-state index in [4.69, 9.17) is 0 Å². The van der Waals surface area contributed by atoms with Crippen LogP contribution in [-0.4, -0.2) is 11.2 Å². The van der Waals surface area contributed by atoms with E-state index in [2.05, 4.69) is 26.0 Å². The van der Waals surface area contributed by atoms with E-state index < -0.39 is 0 Å². The first-order valence-corrected chi connectivity index (χ1v) is 5.03. The Morgan fingerprint density at radius 2 is 1.92 bits per heavy atom. The third kappa shape index (κ3) is 6.41. The molecule has 0 spiro atoms. The van der Waals surface area contributed by atoms with Crippen LogP contribution in [0.25, 0.3) is 0 Å². The Morgan fingerprint density at radius 3 is 2.42 bits per heavy atom. The van der Waals surface area contributed by atoms with Crippen LogP contribution in [0.2, 0.25) is 0 Å². The average molecular weight is 170 g/mol. The number of aliphatic hydroxyl groups is 1. The Hall–Kier alpha value is -0.300. The van der Waals surface area contributed by atoms with Gasteiger partial charge in [0.15, 0.2) is 0 Å². The Bertz CT molecular complexity index is 118. The van der Waals surface area contributed by atoms with Crippen LogP contribution in [0.1, 0.15) is 46.5 Å². The standard InChI is InChI=1S/C11H22O/c1-4-6-7-8-10(3)9-11(12)5-2/h6-7,10-12H,4-5,8-9H2,1-3H3. The minimum absolute atomic E-state index is 0.102. The van der Waals surface area contributed by atoms with Crippen LogP contribution < -0.4 is 0 Å². The lowest BCUT2D eigenvalue weighted by Gasteiger charge is -2.12. The van der Waals surface area contributed by atoms with Gasteiger partial charge in [-0.15, -0.1) is 0 Å². The summed E-state index contributed by atoms with van der Waals surface area (Å²) in [7, 11) is 0. The molecule has 0 aliphatic heterocycles. The summed E-state index contributed by atoms with van der Waals surface area (Å²) < 4.78 is 0. The topological polar surface area (TPSA) is 20.2 Å². The van der Waals surface area contributed by atoms with Crippen LogP contribution in [0.5, 0.6) is 0 Å². The molecule has 12 heavy (non-hydrogen) atoms. The van der Waals surface area contributed by atoms with Crippen molar-refractivity contribution in [2.24, 2.45) is 5.92 Å². The molecule has 0 saturated heterocycles. The van der Waals surface area contributed by atoms with Gasteiger partial charge in [-0.05, 0) is 31.6 Å². The smallest absolute Gasteiger partial charge is 0.0540 e. The Labute approximate surface area is 76.5 Å². The second-order valence-corrected chi connectivity index (χ2v) is 3.52. The summed E-state index contributed by atoms with van der Waals surface area (Å²) >= 11 is 0. The summed E-state index contributed by atoms with van der Waals surface area (Å²) in [6.45, 7) is 6.36. The van der Waals surface area contributed by atoms with Crippen molar-refractivity contribution in [2.75, 3.05) is 0 Å². The Morgan fingerprint density at radius 1 is 1.25 bits per heavy atom. The van der Waals surface area contributed by atoms with Gasteiger partial charge in [0.25, 0.3) is 0 Å². The van der Waals surface area contributed by atoms with Crippen molar-refractivity contribution in [1.82, 2.24) is 0 Å². The molecule has 0 heterocycles. The highest BCUT2D eigenvalue weighted by Crippen LogP contribution is 2.12. The maximum absolute atomic E-state index is 9.36. The van der Waals surface area contributed by atoms with E-state index in [0.29, 0.717) is 5.92 Å². The van der Waals surface area contributed by atoms with Crippen molar-refractivity contribution in [2.45, 2.75) is 52.6 Å². The Balaban J connectivity index is 3.45. The monoisotopic (exact) mass is 170 g/mol. The van der Waals surface area contributed by atoms with Gasteiger partial charge in [0.05, 0.1) is 6.10 Å². The summed E-state index contributed by atoms with van der Waals surface area (Å²) in [6.07, 6.45) is 8.33. The number of allylic oxidation sites excluding steroid dienone is 2. The van der Waals surface area contributed by atoms with Crippen molar-refractivity contribution in [3.63, 3.8) is 0 Å². The molecule has 1 nitrogen and oxygen atoms in total. The molecule has 0 aliphatic rings. The van der Waals surface area contributed by atoms with E-state index in [9.17, 15) is 5.11 Å². The molecule has 2 unspecified atom stereocenters. The summed E-state index contributed by atoms with van der Waals surface area (Å²) in [4.78, 5) is 0. The molecule has 0 aromatic carbocycles. The van der Waals surface area contributed by atoms with Crippen LogP contribution in [0.4, 0.5) is 0 Å². The molecular weight excluding hydrogens is 148 g/mol. The van der Waals surface area contributed by atoms with Gasteiger partial charge in [-0.1, -0.05) is 32.9 Å². The lowest BCUT2D eigenvalue weighted by molar-refractivity contribution is 0.142. The van der Waals surface area contributed by atoms with Crippen LogP contribution in [0, 0.1) is 5.92 Å². The van der Waals surface area contributed by atoms with Gasteiger partial charge in [0.1, 0.15) is 0 Å². The summed E-state index contributed by atoms with van der Waals surface area (Å²) in [6, 6.07) is 0. The first kappa shape index (κ1) is 11.7. The molecule has 0 amide bonds. The highest BCUT2D eigenvalue weighted by Gasteiger charge is 2.06. The number of rotatable bonds is 6. The first-order chi connectivity index (χ1) is 5.70. The predicted octanol–water partition coefficient (Wildman–Crippen LogP) is 3.14. The van der Waals surface area contributed by atoms with Crippen molar-refractivity contribution in [1.29, 1.82) is 0 Å². The molecule has 0 aromatic rings. The van der Waals surface area contributed by atoms with Gasteiger partial charge in [-0.3, -0.25) is 0 Å². The minimum atomic E-state index is -0.102. The maximum Gasteiger partial charge on any atom is 0.0540 e. The minimum Gasteiger partial charge on any atom is -0.393 e. The van der Waals surface area contributed by atoms with E-state index in [-0.39, 0.29) is 6.10 Å². The van der Waals surface area contributed by atoms with Crippen LogP contribution in [0.15, 0.2) is 12.2 Å². The van der Waals surface area contributed by atoms with Crippen molar-refractivity contribution in [3.05, 3.63) is 12.2 Å². The SMILES string of the molecule is CCC=CCC(C)CC(O)CC. The molecule has 0 saturated carbocycles. The van der Waals surface area contributed by atoms with Crippen molar-refractivity contribution in [3.8, 4) is 0 Å². The molecule has 1 N–H and O–H groups in total. The summed E-state index contributed by atoms with van der Waals surface area (Å²) in [5, 5.41) is 9.36. The van der Waals surface area contributed by atoms with Crippen LogP contribution in [0.3, 0.4) is 0 Å². The van der Waals surface area contributed by atoms with E-state index in [1.54, 1.807) is 0 Å². The third-order valence-corrected chi connectivity index (χ3v) is 2.09. The van der Waals surface area contributed by atoms with Crippen molar-refractivity contribution >= 4 is 0 Å². The second kappa shape index (κ2) is 7.35. The highest BCUT2D eigenvalue weighted by molar-refractivity contribution is 4.82. The lowest BCUT2D eigenvalue weighted by atomic mass is 9.98. The second-order valence-electron chi connectivity index (χ2n) is 3.52. The number of hydrogen-bond acceptors (Lipinski definition) is 1. The van der Waals surface area contributed by atoms with E-state index in [1.807, 2.05) is 6.92 Å². The number of hydrogen-bond donors (Lipinski definition) is 1. The predicted molar refractivity (Wildman–Crippen MR) is 54.1 cm³/mol. The molecule has 1 heteroatoms. The summed E-state index contributed by atoms with van der Waals surface area (Å²) in [5.74, 6) is 0.614. The fourth-order valence-corrected chi connectivity index (χ4v) is 1.22. The molecule has 0 fully saturated rings. The fourth-order valence-electron chi connectivity index (χ4n) is 1.22. The Kier molecular flexibility index (Phi) is 7.17. The average Bonchev–Trinajstić information content (AvgIpc) is 2.05. The molecule has 72 valence electrons. The van der Waals surface area contributed by atoms with Gasteiger partial charge < -0.3 is 5.11 Å². The van der Waals surface area contributed by atoms with Crippen molar-refractivity contribution < 1.29 is 5.11 Å². The highest BCUT2D eigenvalue weighted by atomic mass is 16.3. The lowest BCUT2D eigenvalue weighted by Crippen LogP contribution is -2.09. The zero-order valence-corrected chi connectivity index (χ0v) is 8.59. The maximum atomic E-state index is 9.36.